The third-order valence-electron chi connectivity index (χ3n) is 3.62. The molecule has 0 aliphatic heterocycles. The van der Waals surface area contributed by atoms with Gasteiger partial charge >= 0.3 is 0 Å². The Morgan fingerprint density at radius 3 is 2.72 bits per heavy atom. The van der Waals surface area contributed by atoms with Gasteiger partial charge in [0.15, 0.2) is 5.58 Å². The minimum absolute atomic E-state index is 0.248. The topological polar surface area (TPSA) is 68.3 Å². The van der Waals surface area contributed by atoms with E-state index in [1.165, 1.54) is 6.08 Å². The molecule has 2 heterocycles. The minimum atomic E-state index is -0.248. The van der Waals surface area contributed by atoms with Crippen molar-refractivity contribution in [3.8, 4) is 11.5 Å². The van der Waals surface area contributed by atoms with E-state index < -0.39 is 0 Å². The van der Waals surface area contributed by atoms with Crippen molar-refractivity contribution in [2.75, 3.05) is 5.32 Å². The SMILES string of the molecule is O=C(C=Cc1ccco1)Nc1ccc2oc(-c3ccccc3)nc2c1. The fourth-order valence-electron chi connectivity index (χ4n) is 2.44. The molecule has 4 aromatic rings. The lowest BCUT2D eigenvalue weighted by Crippen LogP contribution is -2.07. The number of carbonyl (C=O) groups is 1. The molecule has 2 aromatic carbocycles. The van der Waals surface area contributed by atoms with Crippen LogP contribution in [0.1, 0.15) is 5.76 Å². The van der Waals surface area contributed by atoms with E-state index in [9.17, 15) is 4.79 Å². The van der Waals surface area contributed by atoms with Gasteiger partial charge in [-0.3, -0.25) is 4.79 Å². The van der Waals surface area contributed by atoms with Crippen molar-refractivity contribution in [1.29, 1.82) is 0 Å². The summed E-state index contributed by atoms with van der Waals surface area (Å²) in [6, 6.07) is 18.6. The molecule has 4 rings (SSSR count). The molecule has 0 spiro atoms. The van der Waals surface area contributed by atoms with Crippen LogP contribution in [0.3, 0.4) is 0 Å². The first kappa shape index (κ1) is 15.0. The van der Waals surface area contributed by atoms with Crippen molar-refractivity contribution >= 4 is 28.8 Å². The Labute approximate surface area is 143 Å². The van der Waals surface area contributed by atoms with Crippen LogP contribution in [0.4, 0.5) is 5.69 Å². The number of nitrogens with one attached hydrogen (secondary N) is 1. The van der Waals surface area contributed by atoms with Crippen molar-refractivity contribution in [3.05, 3.63) is 78.8 Å². The summed E-state index contributed by atoms with van der Waals surface area (Å²) in [7, 11) is 0. The minimum Gasteiger partial charge on any atom is -0.465 e. The standard InChI is InChI=1S/C20H14N2O3/c23-19(11-9-16-7-4-12-24-16)21-15-8-10-18-17(13-15)22-20(25-18)14-5-2-1-3-6-14/h1-13H,(H,21,23). The largest absolute Gasteiger partial charge is 0.465 e. The smallest absolute Gasteiger partial charge is 0.248 e. The number of rotatable bonds is 4. The summed E-state index contributed by atoms with van der Waals surface area (Å²) < 4.78 is 10.9. The number of amides is 1. The van der Waals surface area contributed by atoms with Gasteiger partial charge in [-0.1, -0.05) is 18.2 Å². The van der Waals surface area contributed by atoms with Crippen LogP contribution in [0.25, 0.3) is 28.6 Å². The maximum Gasteiger partial charge on any atom is 0.248 e. The molecule has 2 aromatic heterocycles. The molecular weight excluding hydrogens is 316 g/mol. The highest BCUT2D eigenvalue weighted by molar-refractivity contribution is 6.02. The Bertz CT molecular complexity index is 1030. The van der Waals surface area contributed by atoms with Crippen LogP contribution in [0, 0.1) is 0 Å². The molecule has 1 amide bonds. The third-order valence-corrected chi connectivity index (χ3v) is 3.62. The lowest BCUT2D eigenvalue weighted by molar-refractivity contribution is -0.111. The molecule has 122 valence electrons. The molecule has 0 saturated heterocycles. The molecular formula is C20H14N2O3. The lowest BCUT2D eigenvalue weighted by atomic mass is 10.2. The number of hydrogen-bond acceptors (Lipinski definition) is 4. The third kappa shape index (κ3) is 3.35. The summed E-state index contributed by atoms with van der Waals surface area (Å²) in [6.07, 6.45) is 4.58. The number of carbonyl (C=O) groups excluding carboxylic acids is 1. The van der Waals surface area contributed by atoms with Crippen LogP contribution in [0.2, 0.25) is 0 Å². The monoisotopic (exact) mass is 330 g/mol. The Balaban J connectivity index is 1.54. The predicted molar refractivity (Wildman–Crippen MR) is 95.8 cm³/mol. The van der Waals surface area contributed by atoms with Gasteiger partial charge in [0, 0.05) is 17.3 Å². The zero-order valence-corrected chi connectivity index (χ0v) is 13.2. The van der Waals surface area contributed by atoms with Gasteiger partial charge < -0.3 is 14.2 Å². The van der Waals surface area contributed by atoms with E-state index in [1.54, 1.807) is 42.7 Å². The number of hydrogen-bond donors (Lipinski definition) is 1. The second-order valence-electron chi connectivity index (χ2n) is 5.41. The first-order valence-electron chi connectivity index (χ1n) is 7.76. The molecule has 0 saturated carbocycles. The quantitative estimate of drug-likeness (QED) is 0.549. The molecule has 0 unspecified atom stereocenters. The van der Waals surface area contributed by atoms with E-state index in [0.29, 0.717) is 28.4 Å². The summed E-state index contributed by atoms with van der Waals surface area (Å²) >= 11 is 0. The maximum atomic E-state index is 12.0. The fourth-order valence-corrected chi connectivity index (χ4v) is 2.44. The molecule has 0 aliphatic rings. The van der Waals surface area contributed by atoms with Gasteiger partial charge in [0.2, 0.25) is 11.8 Å². The molecule has 5 heteroatoms. The average Bonchev–Trinajstić information content (AvgIpc) is 3.30. The highest BCUT2D eigenvalue weighted by Gasteiger charge is 2.09. The Hall–Kier alpha value is -3.60. The first-order chi connectivity index (χ1) is 12.3. The maximum absolute atomic E-state index is 12.0. The normalized spacial score (nSPS) is 11.2. The van der Waals surface area contributed by atoms with E-state index in [2.05, 4.69) is 10.3 Å². The van der Waals surface area contributed by atoms with Crippen molar-refractivity contribution in [3.63, 3.8) is 0 Å². The predicted octanol–water partition coefficient (Wildman–Crippen LogP) is 4.74. The molecule has 0 radical (unpaired) electrons. The molecule has 0 bridgehead atoms. The highest BCUT2D eigenvalue weighted by Crippen LogP contribution is 2.26. The number of fused-ring (bicyclic) bond motifs is 1. The van der Waals surface area contributed by atoms with E-state index in [1.807, 2.05) is 30.3 Å². The van der Waals surface area contributed by atoms with Crippen LogP contribution in [-0.4, -0.2) is 10.9 Å². The molecule has 0 atom stereocenters. The zero-order chi connectivity index (χ0) is 17.1. The number of furan rings is 1. The van der Waals surface area contributed by atoms with Gasteiger partial charge in [0.05, 0.1) is 6.26 Å². The Morgan fingerprint density at radius 1 is 1.04 bits per heavy atom. The lowest BCUT2D eigenvalue weighted by Gasteiger charge is -2.00. The van der Waals surface area contributed by atoms with E-state index in [0.717, 1.165) is 5.56 Å². The fraction of sp³-hybridized carbons (Fsp3) is 0. The Morgan fingerprint density at radius 2 is 1.92 bits per heavy atom. The van der Waals surface area contributed by atoms with Crippen molar-refractivity contribution in [2.45, 2.75) is 0 Å². The van der Waals surface area contributed by atoms with E-state index in [-0.39, 0.29) is 5.91 Å². The van der Waals surface area contributed by atoms with Crippen molar-refractivity contribution in [1.82, 2.24) is 4.98 Å². The zero-order valence-electron chi connectivity index (χ0n) is 13.2. The summed E-state index contributed by atoms with van der Waals surface area (Å²) in [4.78, 5) is 16.5. The summed E-state index contributed by atoms with van der Waals surface area (Å²) in [5.74, 6) is 0.925. The van der Waals surface area contributed by atoms with Crippen LogP contribution in [-0.2, 0) is 4.79 Å². The van der Waals surface area contributed by atoms with Gasteiger partial charge in [-0.25, -0.2) is 4.98 Å². The average molecular weight is 330 g/mol. The highest BCUT2D eigenvalue weighted by atomic mass is 16.3. The molecule has 0 aliphatic carbocycles. The molecule has 5 nitrogen and oxygen atoms in total. The number of aromatic nitrogens is 1. The van der Waals surface area contributed by atoms with Crippen LogP contribution in [0.15, 0.2) is 81.8 Å². The van der Waals surface area contributed by atoms with Crippen LogP contribution >= 0.6 is 0 Å². The van der Waals surface area contributed by atoms with E-state index in [4.69, 9.17) is 8.83 Å². The first-order valence-corrected chi connectivity index (χ1v) is 7.76. The number of anilines is 1. The summed E-state index contributed by atoms with van der Waals surface area (Å²) in [6.45, 7) is 0. The van der Waals surface area contributed by atoms with Gasteiger partial charge in [0.1, 0.15) is 11.3 Å². The number of benzene rings is 2. The van der Waals surface area contributed by atoms with Gasteiger partial charge in [0.25, 0.3) is 0 Å². The van der Waals surface area contributed by atoms with Crippen LogP contribution < -0.4 is 5.32 Å². The second-order valence-corrected chi connectivity index (χ2v) is 5.41. The van der Waals surface area contributed by atoms with Crippen molar-refractivity contribution < 1.29 is 13.6 Å². The van der Waals surface area contributed by atoms with Crippen molar-refractivity contribution in [2.24, 2.45) is 0 Å². The van der Waals surface area contributed by atoms with Gasteiger partial charge in [-0.2, -0.15) is 0 Å². The van der Waals surface area contributed by atoms with E-state index >= 15 is 0 Å². The van der Waals surface area contributed by atoms with Gasteiger partial charge in [-0.05, 0) is 48.5 Å². The Kier molecular flexibility index (Phi) is 3.88. The molecule has 1 N–H and O–H groups in total. The van der Waals surface area contributed by atoms with Crippen LogP contribution in [0.5, 0.6) is 0 Å². The van der Waals surface area contributed by atoms with Gasteiger partial charge in [-0.15, -0.1) is 0 Å². The number of nitrogens with zero attached hydrogens (tertiary/aromatic N) is 1. The second kappa shape index (κ2) is 6.49. The number of oxazole rings is 1. The molecule has 25 heavy (non-hydrogen) atoms. The summed E-state index contributed by atoms with van der Waals surface area (Å²) in [5, 5.41) is 2.80. The summed E-state index contributed by atoms with van der Waals surface area (Å²) in [5.41, 5.74) is 2.91. The molecule has 0 fully saturated rings.